The smallest absolute Gasteiger partial charge is 0.228 e. The van der Waals surface area contributed by atoms with E-state index >= 15 is 0 Å². The van der Waals surface area contributed by atoms with Crippen LogP contribution < -0.4 is 11.1 Å². The molecule has 0 unspecified atom stereocenters. The van der Waals surface area contributed by atoms with E-state index in [-0.39, 0.29) is 12.3 Å². The molecular weight excluding hydrogens is 250 g/mol. The van der Waals surface area contributed by atoms with E-state index in [4.69, 9.17) is 11.0 Å². The van der Waals surface area contributed by atoms with Crippen molar-refractivity contribution >= 4 is 17.3 Å². The van der Waals surface area contributed by atoms with Gasteiger partial charge < -0.3 is 11.1 Å². The third-order valence-corrected chi connectivity index (χ3v) is 2.84. The molecule has 1 amide bonds. The van der Waals surface area contributed by atoms with Gasteiger partial charge in [0.05, 0.1) is 18.9 Å². The van der Waals surface area contributed by atoms with E-state index in [9.17, 15) is 4.79 Å². The fraction of sp³-hybridized carbons (Fsp3) is 0.125. The monoisotopic (exact) mass is 265 g/mol. The highest BCUT2D eigenvalue weighted by atomic mass is 16.1. The van der Waals surface area contributed by atoms with Crippen molar-refractivity contribution in [1.29, 1.82) is 5.26 Å². The highest BCUT2D eigenvalue weighted by Crippen LogP contribution is 2.12. The van der Waals surface area contributed by atoms with Crippen LogP contribution in [0.4, 0.5) is 11.4 Å². The molecule has 4 heteroatoms. The van der Waals surface area contributed by atoms with E-state index in [0.29, 0.717) is 12.1 Å². The summed E-state index contributed by atoms with van der Waals surface area (Å²) in [7, 11) is 0. The summed E-state index contributed by atoms with van der Waals surface area (Å²) in [5.41, 5.74) is 8.86. The van der Waals surface area contributed by atoms with Crippen molar-refractivity contribution in [2.24, 2.45) is 0 Å². The quantitative estimate of drug-likeness (QED) is 0.834. The van der Waals surface area contributed by atoms with Crippen molar-refractivity contribution in [1.82, 2.24) is 0 Å². The lowest BCUT2D eigenvalue weighted by atomic mass is 10.1. The molecule has 0 heterocycles. The number of nitriles is 1. The molecule has 0 bridgehead atoms. The van der Waals surface area contributed by atoms with Crippen molar-refractivity contribution < 1.29 is 4.79 Å². The third kappa shape index (κ3) is 3.85. The van der Waals surface area contributed by atoms with Crippen LogP contribution in [0.15, 0.2) is 48.5 Å². The number of carbonyl (C=O) groups is 1. The first-order chi connectivity index (χ1) is 9.67. The summed E-state index contributed by atoms with van der Waals surface area (Å²) in [6, 6.07) is 16.6. The van der Waals surface area contributed by atoms with Gasteiger partial charge in [0.2, 0.25) is 5.91 Å². The number of nitrogens with two attached hydrogens (primary N) is 1. The van der Waals surface area contributed by atoms with Gasteiger partial charge in [0.25, 0.3) is 0 Å². The lowest BCUT2D eigenvalue weighted by Crippen LogP contribution is -2.14. The Kier molecular flexibility index (Phi) is 4.35. The average Bonchev–Trinajstić information content (AvgIpc) is 2.41. The van der Waals surface area contributed by atoms with Crippen LogP contribution in [0, 0.1) is 11.3 Å². The predicted molar refractivity (Wildman–Crippen MR) is 78.9 cm³/mol. The van der Waals surface area contributed by atoms with Crippen LogP contribution in [-0.4, -0.2) is 5.91 Å². The van der Waals surface area contributed by atoms with Crippen molar-refractivity contribution in [2.75, 3.05) is 11.1 Å². The molecule has 0 spiro atoms. The summed E-state index contributed by atoms with van der Waals surface area (Å²) in [4.78, 5) is 11.9. The van der Waals surface area contributed by atoms with Gasteiger partial charge in [0.1, 0.15) is 0 Å². The van der Waals surface area contributed by atoms with Crippen LogP contribution in [-0.2, 0) is 17.6 Å². The topological polar surface area (TPSA) is 78.9 Å². The minimum atomic E-state index is -0.0939. The Morgan fingerprint density at radius 2 is 1.90 bits per heavy atom. The van der Waals surface area contributed by atoms with Gasteiger partial charge in [-0.2, -0.15) is 5.26 Å². The molecule has 0 aliphatic carbocycles. The Labute approximate surface area is 117 Å². The molecular formula is C16H15N3O. The zero-order valence-electron chi connectivity index (χ0n) is 11.0. The van der Waals surface area contributed by atoms with Crippen LogP contribution >= 0.6 is 0 Å². The normalized spacial score (nSPS) is 9.75. The third-order valence-electron chi connectivity index (χ3n) is 2.84. The largest absolute Gasteiger partial charge is 0.399 e. The minimum absolute atomic E-state index is 0.0939. The lowest BCUT2D eigenvalue weighted by molar-refractivity contribution is -0.115. The van der Waals surface area contributed by atoms with Crippen LogP contribution in [0.25, 0.3) is 0 Å². The molecule has 20 heavy (non-hydrogen) atoms. The number of hydrogen-bond acceptors (Lipinski definition) is 3. The highest BCUT2D eigenvalue weighted by molar-refractivity contribution is 5.92. The summed E-state index contributed by atoms with van der Waals surface area (Å²) in [6.45, 7) is 0. The predicted octanol–water partition coefficient (Wildman–Crippen LogP) is 2.52. The molecule has 0 saturated heterocycles. The van der Waals surface area contributed by atoms with E-state index in [1.54, 1.807) is 24.3 Å². The van der Waals surface area contributed by atoms with Crippen molar-refractivity contribution in [3.05, 3.63) is 59.7 Å². The highest BCUT2D eigenvalue weighted by Gasteiger charge is 2.04. The zero-order chi connectivity index (χ0) is 14.4. The number of nitrogens with zero attached hydrogens (tertiary/aromatic N) is 1. The molecule has 3 N–H and O–H groups in total. The van der Waals surface area contributed by atoms with E-state index in [1.807, 2.05) is 24.3 Å². The van der Waals surface area contributed by atoms with Gasteiger partial charge in [-0.3, -0.25) is 4.79 Å². The second-order valence-electron chi connectivity index (χ2n) is 4.50. The SMILES string of the molecule is N#CCc1ccc(NC(=O)Cc2cccc(N)c2)cc1. The number of amides is 1. The van der Waals surface area contributed by atoms with E-state index in [1.165, 1.54) is 0 Å². The molecule has 0 fully saturated rings. The molecule has 0 saturated carbocycles. The first kappa shape index (κ1) is 13.6. The maximum Gasteiger partial charge on any atom is 0.228 e. The summed E-state index contributed by atoms with van der Waals surface area (Å²) in [5.74, 6) is -0.0939. The first-order valence-corrected chi connectivity index (χ1v) is 6.27. The van der Waals surface area contributed by atoms with Crippen molar-refractivity contribution in [2.45, 2.75) is 12.8 Å². The average molecular weight is 265 g/mol. The van der Waals surface area contributed by atoms with Gasteiger partial charge in [-0.15, -0.1) is 0 Å². The van der Waals surface area contributed by atoms with E-state index < -0.39 is 0 Å². The van der Waals surface area contributed by atoms with Gasteiger partial charge in [-0.1, -0.05) is 24.3 Å². The molecule has 2 aromatic rings. The van der Waals surface area contributed by atoms with Gasteiger partial charge in [-0.25, -0.2) is 0 Å². The summed E-state index contributed by atoms with van der Waals surface area (Å²) < 4.78 is 0. The van der Waals surface area contributed by atoms with Crippen LogP contribution in [0.5, 0.6) is 0 Å². The van der Waals surface area contributed by atoms with Crippen LogP contribution in [0.2, 0.25) is 0 Å². The fourth-order valence-electron chi connectivity index (χ4n) is 1.89. The molecule has 2 rings (SSSR count). The Bertz CT molecular complexity index is 642. The van der Waals surface area contributed by atoms with Crippen molar-refractivity contribution in [3.8, 4) is 6.07 Å². The second-order valence-corrected chi connectivity index (χ2v) is 4.50. The number of nitrogen functional groups attached to an aromatic ring is 1. The lowest BCUT2D eigenvalue weighted by Gasteiger charge is -2.06. The van der Waals surface area contributed by atoms with Gasteiger partial charge in [0, 0.05) is 11.4 Å². The number of anilines is 2. The molecule has 2 aromatic carbocycles. The molecule has 100 valence electrons. The fourth-order valence-corrected chi connectivity index (χ4v) is 1.89. The summed E-state index contributed by atoms with van der Waals surface area (Å²) in [5, 5.41) is 11.4. The Balaban J connectivity index is 1.96. The number of nitrogens with one attached hydrogen (secondary N) is 1. The Hall–Kier alpha value is -2.80. The van der Waals surface area contributed by atoms with E-state index in [2.05, 4.69) is 11.4 Å². The number of benzene rings is 2. The zero-order valence-corrected chi connectivity index (χ0v) is 11.0. The van der Waals surface area contributed by atoms with Gasteiger partial charge in [0.15, 0.2) is 0 Å². The maximum absolute atomic E-state index is 11.9. The Morgan fingerprint density at radius 3 is 2.55 bits per heavy atom. The van der Waals surface area contributed by atoms with E-state index in [0.717, 1.165) is 16.8 Å². The molecule has 0 aliphatic heterocycles. The number of carbonyl (C=O) groups excluding carboxylic acids is 1. The van der Waals surface area contributed by atoms with Gasteiger partial charge in [-0.05, 0) is 35.4 Å². The van der Waals surface area contributed by atoms with Crippen molar-refractivity contribution in [3.63, 3.8) is 0 Å². The number of rotatable bonds is 4. The number of hydrogen-bond donors (Lipinski definition) is 2. The van der Waals surface area contributed by atoms with Gasteiger partial charge >= 0.3 is 0 Å². The standard InChI is InChI=1S/C16H15N3O/c17-9-8-12-4-6-15(7-5-12)19-16(20)11-13-2-1-3-14(18)10-13/h1-7,10H,8,11,18H2,(H,19,20). The molecule has 0 radical (unpaired) electrons. The molecule has 4 nitrogen and oxygen atoms in total. The molecule has 0 atom stereocenters. The summed E-state index contributed by atoms with van der Waals surface area (Å²) in [6.07, 6.45) is 0.655. The Morgan fingerprint density at radius 1 is 1.15 bits per heavy atom. The first-order valence-electron chi connectivity index (χ1n) is 6.27. The molecule has 0 aromatic heterocycles. The summed E-state index contributed by atoms with van der Waals surface area (Å²) >= 11 is 0. The molecule has 0 aliphatic rings. The van der Waals surface area contributed by atoms with Crippen LogP contribution in [0.1, 0.15) is 11.1 Å². The van der Waals surface area contributed by atoms with Crippen LogP contribution in [0.3, 0.4) is 0 Å². The minimum Gasteiger partial charge on any atom is -0.399 e. The second kappa shape index (κ2) is 6.39. The maximum atomic E-state index is 11.9.